The Kier molecular flexibility index (Phi) is 5.71. The van der Waals surface area contributed by atoms with Gasteiger partial charge in [0.15, 0.2) is 0 Å². The lowest BCUT2D eigenvalue weighted by atomic mass is 10.1. The highest BCUT2D eigenvalue weighted by molar-refractivity contribution is 6.07. The summed E-state index contributed by atoms with van der Waals surface area (Å²) in [5.74, 6) is -0.217. The van der Waals surface area contributed by atoms with E-state index in [9.17, 15) is 9.59 Å². The maximum Gasteiger partial charge on any atom is 0.255 e. The first kappa shape index (κ1) is 18.2. The van der Waals surface area contributed by atoms with Gasteiger partial charge in [-0.3, -0.25) is 14.6 Å². The van der Waals surface area contributed by atoms with Crippen molar-refractivity contribution in [1.82, 2.24) is 15.6 Å². The molecule has 2 heterocycles. The van der Waals surface area contributed by atoms with Gasteiger partial charge in [-0.25, -0.2) is 0 Å². The molecule has 1 saturated heterocycles. The molecule has 1 aromatic carbocycles. The molecule has 0 atom stereocenters. The van der Waals surface area contributed by atoms with Crippen molar-refractivity contribution < 1.29 is 9.59 Å². The van der Waals surface area contributed by atoms with Crippen LogP contribution < -0.4 is 15.5 Å². The number of fused-ring (bicyclic) bond motifs is 1. The number of nitrogens with one attached hydrogen (secondary N) is 2. The van der Waals surface area contributed by atoms with E-state index < -0.39 is 0 Å². The van der Waals surface area contributed by atoms with Crippen LogP contribution in [0.25, 0.3) is 10.9 Å². The molecule has 0 aliphatic carbocycles. The van der Waals surface area contributed by atoms with E-state index in [0.717, 1.165) is 42.5 Å². The zero-order valence-electron chi connectivity index (χ0n) is 15.4. The molecule has 3 rings (SSSR count). The third-order valence-electron chi connectivity index (χ3n) is 4.65. The molecule has 2 amide bonds. The Morgan fingerprint density at radius 3 is 2.54 bits per heavy atom. The topological polar surface area (TPSA) is 74.3 Å². The fourth-order valence-corrected chi connectivity index (χ4v) is 3.24. The number of carbonyl (C=O) groups excluding carboxylic acids is 2. The van der Waals surface area contributed by atoms with Gasteiger partial charge < -0.3 is 15.5 Å². The van der Waals surface area contributed by atoms with E-state index in [-0.39, 0.29) is 17.7 Å². The Hall–Kier alpha value is -2.63. The van der Waals surface area contributed by atoms with Crippen LogP contribution in [0.1, 0.15) is 37.0 Å². The summed E-state index contributed by atoms with van der Waals surface area (Å²) >= 11 is 0. The summed E-state index contributed by atoms with van der Waals surface area (Å²) < 4.78 is 0. The van der Waals surface area contributed by atoms with Crippen molar-refractivity contribution in [3.63, 3.8) is 0 Å². The number of rotatable bonds is 6. The van der Waals surface area contributed by atoms with Crippen molar-refractivity contribution in [3.05, 3.63) is 36.0 Å². The molecule has 138 valence electrons. The maximum absolute atomic E-state index is 12.8. The first-order valence-electron chi connectivity index (χ1n) is 9.26. The molecule has 1 fully saturated rings. The van der Waals surface area contributed by atoms with Gasteiger partial charge in [-0.05, 0) is 18.9 Å². The number of amides is 2. The first-order valence-corrected chi connectivity index (χ1v) is 9.26. The molecule has 6 nitrogen and oxygen atoms in total. The molecule has 2 N–H and O–H groups in total. The van der Waals surface area contributed by atoms with Crippen molar-refractivity contribution in [2.75, 3.05) is 31.1 Å². The zero-order valence-corrected chi connectivity index (χ0v) is 15.4. The molecule has 0 spiro atoms. The van der Waals surface area contributed by atoms with Crippen LogP contribution >= 0.6 is 0 Å². The van der Waals surface area contributed by atoms with Crippen molar-refractivity contribution in [2.24, 2.45) is 5.92 Å². The molecule has 2 aromatic rings. The maximum atomic E-state index is 12.8. The second kappa shape index (κ2) is 8.17. The SMILES string of the molecule is CC(C)C(=O)NCCNC(=O)c1cnc2ccccc2c1N1CCCC1. The third-order valence-corrected chi connectivity index (χ3v) is 4.65. The summed E-state index contributed by atoms with van der Waals surface area (Å²) in [5.41, 5.74) is 2.47. The Balaban J connectivity index is 1.77. The van der Waals surface area contributed by atoms with Crippen molar-refractivity contribution >= 4 is 28.4 Å². The van der Waals surface area contributed by atoms with Gasteiger partial charge in [0.1, 0.15) is 0 Å². The normalized spacial score (nSPS) is 14.0. The molecule has 26 heavy (non-hydrogen) atoms. The summed E-state index contributed by atoms with van der Waals surface area (Å²) in [6.45, 7) is 6.41. The molecule has 0 unspecified atom stereocenters. The van der Waals surface area contributed by atoms with Crippen molar-refractivity contribution in [2.45, 2.75) is 26.7 Å². The number of carbonyl (C=O) groups is 2. The minimum Gasteiger partial charge on any atom is -0.370 e. The van der Waals surface area contributed by atoms with E-state index in [2.05, 4.69) is 20.5 Å². The molecule has 0 bridgehead atoms. The van der Waals surface area contributed by atoms with Crippen LogP contribution in [0.3, 0.4) is 0 Å². The quantitative estimate of drug-likeness (QED) is 0.781. The molecule has 0 radical (unpaired) electrons. The minimum atomic E-state index is -0.149. The highest BCUT2D eigenvalue weighted by Gasteiger charge is 2.22. The van der Waals surface area contributed by atoms with Gasteiger partial charge in [-0.2, -0.15) is 0 Å². The molecular formula is C20H26N4O2. The number of benzene rings is 1. The summed E-state index contributed by atoms with van der Waals surface area (Å²) in [7, 11) is 0. The van der Waals surface area contributed by atoms with Gasteiger partial charge in [0.25, 0.3) is 5.91 Å². The Bertz CT molecular complexity index is 797. The Morgan fingerprint density at radius 2 is 1.81 bits per heavy atom. The van der Waals surface area contributed by atoms with Crippen LogP contribution in [0.5, 0.6) is 0 Å². The minimum absolute atomic E-state index is 0.00984. The summed E-state index contributed by atoms with van der Waals surface area (Å²) in [6, 6.07) is 7.93. The lowest BCUT2D eigenvalue weighted by Gasteiger charge is -2.23. The predicted molar refractivity (Wildman–Crippen MR) is 103 cm³/mol. The number of nitrogens with zero attached hydrogens (tertiary/aromatic N) is 2. The highest BCUT2D eigenvalue weighted by Crippen LogP contribution is 2.31. The Labute approximate surface area is 154 Å². The number of hydrogen-bond acceptors (Lipinski definition) is 4. The van der Waals surface area contributed by atoms with E-state index in [1.807, 2.05) is 38.1 Å². The number of para-hydroxylation sites is 1. The van der Waals surface area contributed by atoms with E-state index in [1.54, 1.807) is 6.20 Å². The fraction of sp³-hybridized carbons (Fsp3) is 0.450. The van der Waals surface area contributed by atoms with Crippen molar-refractivity contribution in [3.8, 4) is 0 Å². The lowest BCUT2D eigenvalue weighted by molar-refractivity contribution is -0.123. The predicted octanol–water partition coefficient (Wildman–Crippen LogP) is 2.34. The van der Waals surface area contributed by atoms with Crippen LogP contribution in [-0.2, 0) is 4.79 Å². The molecule has 1 aliphatic rings. The monoisotopic (exact) mass is 354 g/mol. The van der Waals surface area contributed by atoms with Crippen LogP contribution in [0.4, 0.5) is 5.69 Å². The molecular weight excluding hydrogens is 328 g/mol. The number of aromatic nitrogens is 1. The van der Waals surface area contributed by atoms with Crippen LogP contribution in [0.15, 0.2) is 30.5 Å². The summed E-state index contributed by atoms with van der Waals surface area (Å²) in [4.78, 5) is 31.1. The van der Waals surface area contributed by atoms with Gasteiger partial charge in [0.2, 0.25) is 5.91 Å². The molecule has 1 aromatic heterocycles. The van der Waals surface area contributed by atoms with E-state index >= 15 is 0 Å². The van der Waals surface area contributed by atoms with E-state index in [4.69, 9.17) is 0 Å². The number of pyridine rings is 1. The smallest absolute Gasteiger partial charge is 0.255 e. The number of anilines is 1. The fourth-order valence-electron chi connectivity index (χ4n) is 3.24. The molecule has 1 aliphatic heterocycles. The number of hydrogen-bond donors (Lipinski definition) is 2. The van der Waals surface area contributed by atoms with Crippen LogP contribution in [0, 0.1) is 5.92 Å². The van der Waals surface area contributed by atoms with Gasteiger partial charge in [-0.15, -0.1) is 0 Å². The third kappa shape index (κ3) is 3.95. The standard InChI is InChI=1S/C20H26N4O2/c1-14(2)19(25)21-9-10-22-20(26)16-13-23-17-8-4-3-7-15(17)18(16)24-11-5-6-12-24/h3-4,7-8,13-14H,5-6,9-12H2,1-2H3,(H,21,25)(H,22,26). The molecule has 0 saturated carbocycles. The van der Waals surface area contributed by atoms with E-state index in [0.29, 0.717) is 18.7 Å². The average Bonchev–Trinajstić information content (AvgIpc) is 3.18. The molecule has 6 heteroatoms. The van der Waals surface area contributed by atoms with Gasteiger partial charge >= 0.3 is 0 Å². The van der Waals surface area contributed by atoms with Gasteiger partial charge in [0, 0.05) is 43.7 Å². The first-order chi connectivity index (χ1) is 12.6. The second-order valence-electron chi connectivity index (χ2n) is 6.93. The summed E-state index contributed by atoms with van der Waals surface area (Å²) in [6.07, 6.45) is 3.94. The van der Waals surface area contributed by atoms with Gasteiger partial charge in [0.05, 0.1) is 16.8 Å². The largest absolute Gasteiger partial charge is 0.370 e. The lowest BCUT2D eigenvalue weighted by Crippen LogP contribution is -2.37. The van der Waals surface area contributed by atoms with Crippen molar-refractivity contribution in [1.29, 1.82) is 0 Å². The second-order valence-corrected chi connectivity index (χ2v) is 6.93. The Morgan fingerprint density at radius 1 is 1.12 bits per heavy atom. The highest BCUT2D eigenvalue weighted by atomic mass is 16.2. The summed E-state index contributed by atoms with van der Waals surface area (Å²) in [5, 5.41) is 6.72. The van der Waals surface area contributed by atoms with Gasteiger partial charge in [-0.1, -0.05) is 32.0 Å². The van der Waals surface area contributed by atoms with E-state index in [1.165, 1.54) is 0 Å². The van der Waals surface area contributed by atoms with Crippen LogP contribution in [-0.4, -0.2) is 43.0 Å². The van der Waals surface area contributed by atoms with Crippen LogP contribution in [0.2, 0.25) is 0 Å². The average molecular weight is 354 g/mol. The zero-order chi connectivity index (χ0) is 18.5.